The Morgan fingerprint density at radius 2 is 1.34 bits per heavy atom. The molecule has 3 aromatic carbocycles. The van der Waals surface area contributed by atoms with E-state index in [1.54, 1.807) is 12.1 Å². The first kappa shape index (κ1) is 34.9. The lowest BCUT2D eigenvalue weighted by Gasteiger charge is -2.33. The zero-order chi connectivity index (χ0) is 33.8. The van der Waals surface area contributed by atoms with E-state index in [-0.39, 0.29) is 43.7 Å². The van der Waals surface area contributed by atoms with Crippen LogP contribution in [0.2, 0.25) is 0 Å². The molecule has 0 N–H and O–H groups in total. The first-order chi connectivity index (χ1) is 22.3. The van der Waals surface area contributed by atoms with Crippen LogP contribution in [0, 0.1) is 29.3 Å². The number of benzene rings is 3. The molecule has 0 amide bonds. The maximum absolute atomic E-state index is 15.3. The van der Waals surface area contributed by atoms with Crippen LogP contribution in [-0.2, 0) is 9.47 Å². The standard InChI is InChI=1S/C35H36F8O4/c1-2-3-4-5-21-19-44-33(45-20-21)24-8-6-22(7-9-24)25-12-15-28(29(36)16-25)23-10-13-26(14-11-23)34(39,40)46-27-17-30(37)32(31(38)18-27)47-35(41,42)43/h6-9,12,15-18,21,23,26,33H,2-5,10-11,13-14,19-20H2,1H3. The van der Waals surface area contributed by atoms with Gasteiger partial charge in [-0.3, -0.25) is 0 Å². The Morgan fingerprint density at radius 3 is 1.91 bits per heavy atom. The Balaban J connectivity index is 1.15. The average molecular weight is 673 g/mol. The first-order valence-corrected chi connectivity index (χ1v) is 15.8. The first-order valence-electron chi connectivity index (χ1n) is 15.8. The molecule has 1 saturated carbocycles. The summed E-state index contributed by atoms with van der Waals surface area (Å²) < 4.78 is 130. The van der Waals surface area contributed by atoms with Gasteiger partial charge in [-0.1, -0.05) is 62.6 Å². The van der Waals surface area contributed by atoms with E-state index in [2.05, 4.69) is 16.4 Å². The Bertz CT molecular complexity index is 1450. The monoisotopic (exact) mass is 672 g/mol. The molecule has 1 aliphatic heterocycles. The summed E-state index contributed by atoms with van der Waals surface area (Å²) in [5.41, 5.74) is 2.71. The van der Waals surface area contributed by atoms with Crippen LogP contribution >= 0.6 is 0 Å². The molecule has 0 unspecified atom stereocenters. The van der Waals surface area contributed by atoms with Crippen LogP contribution in [0.5, 0.6) is 11.5 Å². The minimum atomic E-state index is -5.38. The van der Waals surface area contributed by atoms with Crippen LogP contribution < -0.4 is 9.47 Å². The molecule has 47 heavy (non-hydrogen) atoms. The minimum absolute atomic E-state index is 0.0780. The van der Waals surface area contributed by atoms with E-state index in [1.165, 1.54) is 18.9 Å². The van der Waals surface area contributed by atoms with Crippen molar-refractivity contribution in [1.29, 1.82) is 0 Å². The summed E-state index contributed by atoms with van der Waals surface area (Å²) in [7, 11) is 0. The quantitative estimate of drug-likeness (QED) is 0.150. The maximum Gasteiger partial charge on any atom is 0.573 e. The number of unbranched alkanes of at least 4 members (excludes halogenated alkanes) is 2. The van der Waals surface area contributed by atoms with Gasteiger partial charge in [0, 0.05) is 23.6 Å². The minimum Gasteiger partial charge on any atom is -0.432 e. The molecule has 1 saturated heterocycles. The van der Waals surface area contributed by atoms with Crippen LogP contribution in [0.25, 0.3) is 11.1 Å². The molecule has 2 aliphatic rings. The van der Waals surface area contributed by atoms with Crippen molar-refractivity contribution in [3.63, 3.8) is 0 Å². The fourth-order valence-corrected chi connectivity index (χ4v) is 6.25. The third-order valence-electron chi connectivity index (χ3n) is 8.78. The van der Waals surface area contributed by atoms with Crippen molar-refractivity contribution in [1.82, 2.24) is 0 Å². The molecular weight excluding hydrogens is 636 g/mol. The summed E-state index contributed by atoms with van der Waals surface area (Å²) in [6.07, 6.45) is -4.84. The molecule has 256 valence electrons. The van der Waals surface area contributed by atoms with Crippen molar-refractivity contribution in [2.45, 2.75) is 83.0 Å². The number of rotatable bonds is 11. The van der Waals surface area contributed by atoms with Gasteiger partial charge >= 0.3 is 12.5 Å². The largest absolute Gasteiger partial charge is 0.573 e. The number of ether oxygens (including phenoxy) is 4. The van der Waals surface area contributed by atoms with Crippen molar-refractivity contribution in [3.05, 3.63) is 83.2 Å². The van der Waals surface area contributed by atoms with Gasteiger partial charge in [0.15, 0.2) is 17.9 Å². The molecule has 2 fully saturated rings. The normalized spacial score (nSPS) is 22.2. The third kappa shape index (κ3) is 8.95. The predicted octanol–water partition coefficient (Wildman–Crippen LogP) is 10.9. The summed E-state index contributed by atoms with van der Waals surface area (Å²) in [6.45, 7) is 3.46. The van der Waals surface area contributed by atoms with Crippen molar-refractivity contribution in [3.8, 4) is 22.6 Å². The molecular formula is C35H36F8O4. The van der Waals surface area contributed by atoms with Gasteiger partial charge in [-0.15, -0.1) is 13.2 Å². The summed E-state index contributed by atoms with van der Waals surface area (Å²) in [5, 5.41) is 0. The molecule has 0 aromatic heterocycles. The van der Waals surface area contributed by atoms with Gasteiger partial charge in [0.25, 0.3) is 0 Å². The molecule has 1 aliphatic carbocycles. The highest BCUT2D eigenvalue weighted by Crippen LogP contribution is 2.45. The van der Waals surface area contributed by atoms with E-state index in [1.807, 2.05) is 24.3 Å². The number of hydrogen-bond donors (Lipinski definition) is 0. The molecule has 0 atom stereocenters. The topological polar surface area (TPSA) is 36.9 Å². The average Bonchev–Trinajstić information content (AvgIpc) is 3.03. The second-order valence-electron chi connectivity index (χ2n) is 12.2. The van der Waals surface area contributed by atoms with E-state index in [0.717, 1.165) is 24.0 Å². The molecule has 5 rings (SSSR count). The van der Waals surface area contributed by atoms with E-state index in [4.69, 9.17) is 9.47 Å². The molecule has 0 radical (unpaired) electrons. The van der Waals surface area contributed by atoms with Crippen molar-refractivity contribution < 1.29 is 54.1 Å². The number of halogens is 8. The van der Waals surface area contributed by atoms with E-state index < -0.39 is 53.6 Å². The summed E-state index contributed by atoms with van der Waals surface area (Å²) in [6, 6.07) is 12.8. The smallest absolute Gasteiger partial charge is 0.432 e. The zero-order valence-corrected chi connectivity index (χ0v) is 25.7. The van der Waals surface area contributed by atoms with Crippen molar-refractivity contribution in [2.24, 2.45) is 11.8 Å². The maximum atomic E-state index is 15.3. The van der Waals surface area contributed by atoms with E-state index in [0.29, 0.717) is 30.3 Å². The molecule has 12 heteroatoms. The lowest BCUT2D eigenvalue weighted by Crippen LogP contribution is -2.37. The Kier molecular flexibility index (Phi) is 11.0. The molecule has 0 spiro atoms. The van der Waals surface area contributed by atoms with E-state index >= 15 is 4.39 Å². The fraction of sp³-hybridized carbons (Fsp3) is 0.486. The third-order valence-corrected chi connectivity index (χ3v) is 8.78. The van der Waals surface area contributed by atoms with Gasteiger partial charge in [0.2, 0.25) is 5.75 Å². The summed E-state index contributed by atoms with van der Waals surface area (Å²) >= 11 is 0. The SMILES string of the molecule is CCCCCC1COC(c2ccc(-c3ccc(C4CCC(C(F)(F)Oc5cc(F)c(OC(F)(F)F)c(F)c5)CC4)c(F)c3)cc2)OC1. The van der Waals surface area contributed by atoms with Crippen LogP contribution in [-0.4, -0.2) is 25.7 Å². The predicted molar refractivity (Wildman–Crippen MR) is 157 cm³/mol. The fourth-order valence-electron chi connectivity index (χ4n) is 6.25. The van der Waals surface area contributed by atoms with Gasteiger partial charge in [-0.2, -0.15) is 8.78 Å². The molecule has 4 nitrogen and oxygen atoms in total. The lowest BCUT2D eigenvalue weighted by molar-refractivity contribution is -0.276. The Hall–Kier alpha value is -3.38. The van der Waals surface area contributed by atoms with Crippen molar-refractivity contribution in [2.75, 3.05) is 13.2 Å². The Labute approximate surface area is 268 Å². The van der Waals surface area contributed by atoms with Gasteiger partial charge in [0.05, 0.1) is 19.1 Å². The second-order valence-corrected chi connectivity index (χ2v) is 12.2. The second kappa shape index (κ2) is 14.8. The van der Waals surface area contributed by atoms with Crippen LogP contribution in [0.4, 0.5) is 35.1 Å². The molecule has 1 heterocycles. The highest BCUT2D eigenvalue weighted by Gasteiger charge is 2.45. The van der Waals surface area contributed by atoms with Gasteiger partial charge in [0.1, 0.15) is 11.6 Å². The highest BCUT2D eigenvalue weighted by atomic mass is 19.4. The highest BCUT2D eigenvalue weighted by molar-refractivity contribution is 5.64. The summed E-state index contributed by atoms with van der Waals surface area (Å²) in [4.78, 5) is 0. The molecule has 3 aromatic rings. The van der Waals surface area contributed by atoms with Crippen LogP contribution in [0.1, 0.15) is 81.6 Å². The van der Waals surface area contributed by atoms with E-state index in [9.17, 15) is 30.7 Å². The lowest BCUT2D eigenvalue weighted by atomic mass is 9.77. The number of hydrogen-bond acceptors (Lipinski definition) is 4. The van der Waals surface area contributed by atoms with Gasteiger partial charge in [-0.25, -0.2) is 13.2 Å². The Morgan fingerprint density at radius 1 is 0.723 bits per heavy atom. The van der Waals surface area contributed by atoms with Crippen LogP contribution in [0.3, 0.4) is 0 Å². The van der Waals surface area contributed by atoms with Gasteiger partial charge in [-0.05, 0) is 60.8 Å². The summed E-state index contributed by atoms with van der Waals surface area (Å²) in [5.74, 6) is -8.20. The number of alkyl halides is 5. The van der Waals surface area contributed by atoms with Crippen LogP contribution in [0.15, 0.2) is 54.6 Å². The van der Waals surface area contributed by atoms with Crippen molar-refractivity contribution >= 4 is 0 Å². The zero-order valence-electron chi connectivity index (χ0n) is 25.7. The van der Waals surface area contributed by atoms with Gasteiger partial charge < -0.3 is 18.9 Å². The molecule has 0 bridgehead atoms.